The summed E-state index contributed by atoms with van der Waals surface area (Å²) >= 11 is 0. The van der Waals surface area contributed by atoms with Crippen molar-refractivity contribution in [2.45, 2.75) is 44.8 Å². The van der Waals surface area contributed by atoms with E-state index in [1.807, 2.05) is 6.07 Å². The molecule has 4 nitrogen and oxygen atoms in total. The highest BCUT2D eigenvalue weighted by Crippen LogP contribution is 2.31. The van der Waals surface area contributed by atoms with Crippen LogP contribution in [0.3, 0.4) is 0 Å². The van der Waals surface area contributed by atoms with Gasteiger partial charge in [0.05, 0.1) is 11.3 Å². The van der Waals surface area contributed by atoms with Crippen LogP contribution in [0.15, 0.2) is 18.6 Å². The van der Waals surface area contributed by atoms with Gasteiger partial charge in [-0.05, 0) is 37.7 Å². The van der Waals surface area contributed by atoms with Gasteiger partial charge >= 0.3 is 0 Å². The van der Waals surface area contributed by atoms with Crippen LogP contribution in [0.4, 0.5) is 0 Å². The van der Waals surface area contributed by atoms with Gasteiger partial charge in [-0.25, -0.2) is 9.97 Å². The van der Waals surface area contributed by atoms with Gasteiger partial charge in [-0.1, -0.05) is 6.92 Å². The predicted octanol–water partition coefficient (Wildman–Crippen LogP) is 1.51. The van der Waals surface area contributed by atoms with Gasteiger partial charge in [-0.15, -0.1) is 0 Å². The van der Waals surface area contributed by atoms with Gasteiger partial charge in [-0.3, -0.25) is 0 Å². The number of hydrogen-bond donors (Lipinski definition) is 2. The Labute approximate surface area is 102 Å². The fourth-order valence-electron chi connectivity index (χ4n) is 2.32. The summed E-state index contributed by atoms with van der Waals surface area (Å²) in [6, 6.07) is 1.89. The minimum atomic E-state index is -0.514. The second-order valence-electron chi connectivity index (χ2n) is 5.21. The van der Waals surface area contributed by atoms with Gasteiger partial charge in [0.1, 0.15) is 6.33 Å². The molecule has 0 unspecified atom stereocenters. The van der Waals surface area contributed by atoms with Crippen molar-refractivity contribution in [3.8, 4) is 0 Å². The lowest BCUT2D eigenvalue weighted by atomic mass is 9.79. The summed E-state index contributed by atoms with van der Waals surface area (Å²) in [4.78, 5) is 8.02. The molecule has 0 amide bonds. The highest BCUT2D eigenvalue weighted by atomic mass is 16.3. The third kappa shape index (κ3) is 3.75. The molecule has 1 aliphatic carbocycles. The van der Waals surface area contributed by atoms with Crippen molar-refractivity contribution < 1.29 is 5.11 Å². The number of aromatic nitrogens is 2. The molecule has 0 aromatic carbocycles. The Bertz CT molecular complexity index is 334. The van der Waals surface area contributed by atoms with E-state index < -0.39 is 5.60 Å². The molecule has 1 fully saturated rings. The average Bonchev–Trinajstić information content (AvgIpc) is 2.35. The van der Waals surface area contributed by atoms with Gasteiger partial charge in [0.2, 0.25) is 0 Å². The Balaban J connectivity index is 1.75. The van der Waals surface area contributed by atoms with Gasteiger partial charge < -0.3 is 10.4 Å². The van der Waals surface area contributed by atoms with E-state index in [0.29, 0.717) is 13.1 Å². The molecular formula is C13H21N3O. The van der Waals surface area contributed by atoms with Crippen LogP contribution in [0.1, 0.15) is 38.3 Å². The van der Waals surface area contributed by atoms with Gasteiger partial charge in [-0.2, -0.15) is 0 Å². The van der Waals surface area contributed by atoms with Crippen molar-refractivity contribution >= 4 is 0 Å². The quantitative estimate of drug-likeness (QED) is 0.830. The fraction of sp³-hybridized carbons (Fsp3) is 0.692. The van der Waals surface area contributed by atoms with Crippen LogP contribution >= 0.6 is 0 Å². The van der Waals surface area contributed by atoms with E-state index in [1.54, 1.807) is 12.5 Å². The summed E-state index contributed by atoms with van der Waals surface area (Å²) in [5.74, 6) is 0.761. The molecule has 1 saturated carbocycles. The molecule has 0 aliphatic heterocycles. The van der Waals surface area contributed by atoms with E-state index in [4.69, 9.17) is 0 Å². The fourth-order valence-corrected chi connectivity index (χ4v) is 2.32. The molecule has 0 radical (unpaired) electrons. The van der Waals surface area contributed by atoms with Crippen LogP contribution < -0.4 is 5.32 Å². The van der Waals surface area contributed by atoms with Gasteiger partial charge in [0.25, 0.3) is 0 Å². The van der Waals surface area contributed by atoms with Crippen molar-refractivity contribution in [2.75, 3.05) is 6.54 Å². The summed E-state index contributed by atoms with van der Waals surface area (Å²) in [7, 11) is 0. The minimum Gasteiger partial charge on any atom is -0.389 e. The highest BCUT2D eigenvalue weighted by molar-refractivity contribution is 4.97. The third-order valence-electron chi connectivity index (χ3n) is 3.61. The summed E-state index contributed by atoms with van der Waals surface area (Å²) in [6.07, 6.45) is 7.36. The predicted molar refractivity (Wildman–Crippen MR) is 66.3 cm³/mol. The molecule has 1 aromatic heterocycles. The summed E-state index contributed by atoms with van der Waals surface area (Å²) < 4.78 is 0. The highest BCUT2D eigenvalue weighted by Gasteiger charge is 2.31. The lowest BCUT2D eigenvalue weighted by molar-refractivity contribution is -0.00635. The first kappa shape index (κ1) is 12.5. The molecule has 0 spiro atoms. The molecule has 1 heterocycles. The zero-order valence-corrected chi connectivity index (χ0v) is 10.4. The Morgan fingerprint density at radius 2 is 2.24 bits per heavy atom. The molecule has 0 saturated heterocycles. The van der Waals surface area contributed by atoms with Gasteiger partial charge in [0.15, 0.2) is 0 Å². The second kappa shape index (κ2) is 5.56. The van der Waals surface area contributed by atoms with Crippen LogP contribution in [0, 0.1) is 5.92 Å². The number of rotatable bonds is 4. The molecule has 94 valence electrons. The number of nitrogens with one attached hydrogen (secondary N) is 1. The van der Waals surface area contributed by atoms with Crippen LogP contribution in [0.25, 0.3) is 0 Å². The number of hydrogen-bond acceptors (Lipinski definition) is 4. The third-order valence-corrected chi connectivity index (χ3v) is 3.61. The van der Waals surface area contributed by atoms with Crippen molar-refractivity contribution in [2.24, 2.45) is 5.92 Å². The maximum atomic E-state index is 10.4. The average molecular weight is 235 g/mol. The molecule has 2 rings (SSSR count). The minimum absolute atomic E-state index is 0.514. The normalized spacial score (nSPS) is 29.2. The lowest BCUT2D eigenvalue weighted by Gasteiger charge is -2.35. The molecule has 17 heavy (non-hydrogen) atoms. The summed E-state index contributed by atoms with van der Waals surface area (Å²) in [6.45, 7) is 3.61. The second-order valence-corrected chi connectivity index (χ2v) is 5.21. The Morgan fingerprint density at radius 1 is 1.47 bits per heavy atom. The van der Waals surface area contributed by atoms with E-state index in [0.717, 1.165) is 37.3 Å². The summed E-state index contributed by atoms with van der Waals surface area (Å²) in [5, 5.41) is 13.7. The SMILES string of the molecule is CC1CCC(O)(CNCc2ccncn2)CC1. The van der Waals surface area contributed by atoms with Gasteiger partial charge in [0, 0.05) is 19.3 Å². The molecule has 1 aromatic rings. The van der Waals surface area contributed by atoms with E-state index in [2.05, 4.69) is 22.2 Å². The van der Waals surface area contributed by atoms with E-state index in [-0.39, 0.29) is 0 Å². The van der Waals surface area contributed by atoms with Crippen molar-refractivity contribution in [1.29, 1.82) is 0 Å². The Hall–Kier alpha value is -1.00. The topological polar surface area (TPSA) is 58.0 Å². The molecular weight excluding hydrogens is 214 g/mol. The first-order valence-corrected chi connectivity index (χ1v) is 6.36. The molecule has 4 heteroatoms. The zero-order valence-electron chi connectivity index (χ0n) is 10.4. The van der Waals surface area contributed by atoms with Crippen molar-refractivity contribution in [1.82, 2.24) is 15.3 Å². The smallest absolute Gasteiger partial charge is 0.115 e. The molecule has 2 N–H and O–H groups in total. The molecule has 1 aliphatic rings. The molecule has 0 atom stereocenters. The Kier molecular flexibility index (Phi) is 4.07. The summed E-state index contributed by atoms with van der Waals surface area (Å²) in [5.41, 5.74) is 0.451. The number of nitrogens with zero attached hydrogens (tertiary/aromatic N) is 2. The van der Waals surface area contributed by atoms with Crippen LogP contribution in [0.2, 0.25) is 0 Å². The maximum Gasteiger partial charge on any atom is 0.115 e. The molecule has 0 bridgehead atoms. The zero-order chi connectivity index (χ0) is 12.1. The van der Waals surface area contributed by atoms with Crippen molar-refractivity contribution in [3.05, 3.63) is 24.3 Å². The van der Waals surface area contributed by atoms with E-state index >= 15 is 0 Å². The monoisotopic (exact) mass is 235 g/mol. The van der Waals surface area contributed by atoms with E-state index in [1.165, 1.54) is 0 Å². The largest absolute Gasteiger partial charge is 0.389 e. The lowest BCUT2D eigenvalue weighted by Crippen LogP contribution is -2.43. The standard InChI is InChI=1S/C13H21N3O/c1-11-2-5-13(17,6-3-11)9-15-8-12-4-7-14-10-16-12/h4,7,10-11,15,17H,2-3,5-6,8-9H2,1H3. The van der Waals surface area contributed by atoms with E-state index in [9.17, 15) is 5.11 Å². The first-order valence-electron chi connectivity index (χ1n) is 6.36. The van der Waals surface area contributed by atoms with Crippen LogP contribution in [-0.4, -0.2) is 27.2 Å². The maximum absolute atomic E-state index is 10.4. The Morgan fingerprint density at radius 3 is 2.88 bits per heavy atom. The van der Waals surface area contributed by atoms with Crippen LogP contribution in [0.5, 0.6) is 0 Å². The first-order chi connectivity index (χ1) is 8.18. The number of aliphatic hydroxyl groups is 1. The van der Waals surface area contributed by atoms with Crippen molar-refractivity contribution in [3.63, 3.8) is 0 Å². The van der Waals surface area contributed by atoms with Crippen LogP contribution in [-0.2, 0) is 6.54 Å².